The van der Waals surface area contributed by atoms with E-state index in [-0.39, 0.29) is 35.7 Å². The molecular weight excluding hydrogens is 489 g/mol. The topological polar surface area (TPSA) is 110 Å². The Hall–Kier alpha value is -4.07. The molecule has 2 aromatic carbocycles. The summed E-state index contributed by atoms with van der Waals surface area (Å²) >= 11 is 0. The van der Waals surface area contributed by atoms with Crippen LogP contribution < -0.4 is 10.4 Å². The van der Waals surface area contributed by atoms with Gasteiger partial charge in [-0.2, -0.15) is 23.4 Å². The molecule has 0 fully saturated rings. The number of amides is 1. The van der Waals surface area contributed by atoms with Crippen molar-refractivity contribution in [3.63, 3.8) is 0 Å². The lowest BCUT2D eigenvalue weighted by atomic mass is 9.84. The number of benzene rings is 2. The van der Waals surface area contributed by atoms with E-state index in [1.165, 1.54) is 28.3 Å². The molecule has 0 saturated carbocycles. The van der Waals surface area contributed by atoms with Gasteiger partial charge in [0.2, 0.25) is 5.62 Å². The minimum atomic E-state index is -5.17. The van der Waals surface area contributed by atoms with Crippen molar-refractivity contribution in [2.45, 2.75) is 51.7 Å². The fourth-order valence-corrected chi connectivity index (χ4v) is 3.84. The molecule has 0 aliphatic rings. The Morgan fingerprint density at radius 2 is 1.78 bits per heavy atom. The molecule has 8 nitrogen and oxygen atoms in total. The highest BCUT2D eigenvalue weighted by molar-refractivity contribution is 5.97. The number of unbranched alkanes of at least 4 members (excludes halogenated alkanes) is 1. The van der Waals surface area contributed by atoms with Gasteiger partial charge in [-0.3, -0.25) is 9.59 Å². The first-order valence-corrected chi connectivity index (χ1v) is 11.5. The summed E-state index contributed by atoms with van der Waals surface area (Å²) in [5.74, 6) is -2.85. The second kappa shape index (κ2) is 10.5. The van der Waals surface area contributed by atoms with Gasteiger partial charge in [-0.05, 0) is 36.1 Å². The number of rotatable bonds is 7. The normalized spacial score (nSPS) is 12.5. The highest BCUT2D eigenvalue weighted by Gasteiger charge is 2.39. The van der Waals surface area contributed by atoms with Crippen molar-refractivity contribution < 1.29 is 32.6 Å². The summed E-state index contributed by atoms with van der Waals surface area (Å²) in [5, 5.41) is 19.5. The molecule has 196 valence electrons. The molecule has 0 spiro atoms. The third-order valence-corrected chi connectivity index (χ3v) is 5.72. The van der Waals surface area contributed by atoms with Gasteiger partial charge < -0.3 is 19.0 Å². The predicted octanol–water partition coefficient (Wildman–Crippen LogP) is 4.54. The lowest BCUT2D eigenvalue weighted by Gasteiger charge is -2.23. The Morgan fingerprint density at radius 3 is 2.38 bits per heavy atom. The van der Waals surface area contributed by atoms with Crippen LogP contribution in [0.15, 0.2) is 41.4 Å². The van der Waals surface area contributed by atoms with E-state index in [4.69, 9.17) is 10.00 Å². The predicted molar refractivity (Wildman–Crippen MR) is 129 cm³/mol. The van der Waals surface area contributed by atoms with E-state index in [1.807, 2.05) is 26.8 Å². The van der Waals surface area contributed by atoms with Gasteiger partial charge in [-0.15, -0.1) is 0 Å². The molecule has 3 rings (SSSR count). The van der Waals surface area contributed by atoms with Gasteiger partial charge in [0.15, 0.2) is 17.3 Å². The summed E-state index contributed by atoms with van der Waals surface area (Å²) in [5.41, 5.74) is 0.582. The summed E-state index contributed by atoms with van der Waals surface area (Å²) < 4.78 is 47.2. The first-order valence-electron chi connectivity index (χ1n) is 11.5. The van der Waals surface area contributed by atoms with Crippen LogP contribution >= 0.6 is 0 Å². The maximum absolute atomic E-state index is 13.5. The van der Waals surface area contributed by atoms with Crippen LogP contribution in [-0.2, 0) is 23.8 Å². The number of alkyl halides is 3. The van der Waals surface area contributed by atoms with Crippen LogP contribution in [0.5, 0.6) is 11.5 Å². The van der Waals surface area contributed by atoms with E-state index in [9.17, 15) is 27.9 Å². The zero-order chi connectivity index (χ0) is 27.5. The van der Waals surface area contributed by atoms with E-state index in [0.717, 1.165) is 0 Å². The molecule has 11 heteroatoms. The number of nitriles is 1. The number of para-hydroxylation sites is 2. The quantitative estimate of drug-likeness (QED) is 0.366. The van der Waals surface area contributed by atoms with Crippen LogP contribution in [0.4, 0.5) is 13.2 Å². The highest BCUT2D eigenvalue weighted by Crippen LogP contribution is 2.39. The monoisotopic (exact) mass is 516 g/mol. The molecular formula is C26H27F3N4O4. The molecule has 0 aliphatic carbocycles. The first kappa shape index (κ1) is 27.5. The van der Waals surface area contributed by atoms with Crippen molar-refractivity contribution in [1.82, 2.24) is 9.13 Å². The fraction of sp³-hybridized carbons (Fsp3) is 0.385. The number of imidazole rings is 1. The molecule has 1 amide bonds. The summed E-state index contributed by atoms with van der Waals surface area (Å²) in [6.07, 6.45) is -4.50. The van der Waals surface area contributed by atoms with Crippen molar-refractivity contribution in [2.75, 3.05) is 6.61 Å². The zero-order valence-electron chi connectivity index (χ0n) is 20.9. The van der Waals surface area contributed by atoms with Gasteiger partial charge in [0.25, 0.3) is 0 Å². The van der Waals surface area contributed by atoms with Gasteiger partial charge in [0.05, 0.1) is 30.3 Å². The Morgan fingerprint density at radius 1 is 1.14 bits per heavy atom. The second-order valence-electron chi connectivity index (χ2n) is 9.50. The van der Waals surface area contributed by atoms with E-state index in [1.54, 1.807) is 24.3 Å². The number of nitrogens with zero attached hydrogens (tertiary/aromatic N) is 4. The number of Topliss-reactive ketones (excluding diaryl/α,β-unsaturated/α-hetero) is 1. The molecule has 0 atom stereocenters. The number of carbonyl (C=O) groups is 2. The number of hydrogen-bond donors (Lipinski definition) is 1. The van der Waals surface area contributed by atoms with Crippen LogP contribution in [0.25, 0.3) is 11.0 Å². The Labute approximate surface area is 211 Å². The molecule has 0 aliphatic heterocycles. The number of aromatic hydroxyl groups is 1. The molecule has 1 aromatic heterocycles. The van der Waals surface area contributed by atoms with Gasteiger partial charge in [0, 0.05) is 24.6 Å². The maximum Gasteiger partial charge on any atom is 0.473 e. The van der Waals surface area contributed by atoms with Gasteiger partial charge >= 0.3 is 12.1 Å². The number of phenolic OH excluding ortho intramolecular Hbond substituents is 1. The smallest absolute Gasteiger partial charge is 0.473 e. The lowest BCUT2D eigenvalue weighted by Crippen LogP contribution is -2.32. The number of aromatic nitrogens is 2. The van der Waals surface area contributed by atoms with Crippen LogP contribution in [-0.4, -0.2) is 38.7 Å². The number of ketones is 1. The molecule has 0 bridgehead atoms. The standard InChI is InChI=1S/C26H27F3N4O4/c1-25(2,3)17-13-16(14-21(22(17)35)37-12-8-7-11-30)20(34)15-33-19-10-6-5-9-18(19)32(4)24(33)31-23(36)26(27,28)29/h5-6,9-10,13-14,35H,7-8,12,15H2,1-4H3. The number of fused-ring (bicyclic) bond motifs is 1. The van der Waals surface area contributed by atoms with Crippen LogP contribution in [0, 0.1) is 11.3 Å². The summed E-state index contributed by atoms with van der Waals surface area (Å²) in [6, 6.07) is 11.5. The van der Waals surface area contributed by atoms with Crippen molar-refractivity contribution in [2.24, 2.45) is 12.0 Å². The third kappa shape index (κ3) is 6.02. The molecule has 1 N–H and O–H groups in total. The van der Waals surface area contributed by atoms with Gasteiger partial charge in [-0.1, -0.05) is 32.9 Å². The summed E-state index contributed by atoms with van der Waals surface area (Å²) in [4.78, 5) is 28.4. The van der Waals surface area contributed by atoms with Crippen molar-refractivity contribution in [3.05, 3.63) is 53.1 Å². The van der Waals surface area contributed by atoms with Crippen LogP contribution in [0.1, 0.15) is 49.5 Å². The Bertz CT molecular complexity index is 1450. The largest absolute Gasteiger partial charge is 0.504 e. The number of phenols is 1. The molecule has 1 heterocycles. The number of hydrogen-bond acceptors (Lipinski definition) is 5. The summed E-state index contributed by atoms with van der Waals surface area (Å²) in [6.45, 7) is 5.25. The number of ether oxygens (including phenoxy) is 1. The van der Waals surface area contributed by atoms with Crippen LogP contribution in [0.3, 0.4) is 0 Å². The molecule has 0 saturated heterocycles. The van der Waals surface area contributed by atoms with Crippen molar-refractivity contribution >= 4 is 22.7 Å². The third-order valence-electron chi connectivity index (χ3n) is 5.72. The van der Waals surface area contributed by atoms with Gasteiger partial charge in [0.1, 0.15) is 0 Å². The average Bonchev–Trinajstić information content (AvgIpc) is 3.07. The number of carbonyl (C=O) groups excluding carboxylic acids is 2. The average molecular weight is 517 g/mol. The van der Waals surface area contributed by atoms with E-state index in [0.29, 0.717) is 23.0 Å². The van der Waals surface area contributed by atoms with E-state index in [2.05, 4.69) is 4.99 Å². The van der Waals surface area contributed by atoms with Crippen LogP contribution in [0.2, 0.25) is 0 Å². The number of aryl methyl sites for hydroxylation is 1. The molecule has 37 heavy (non-hydrogen) atoms. The Kier molecular flexibility index (Phi) is 7.81. The second-order valence-corrected chi connectivity index (χ2v) is 9.50. The summed E-state index contributed by atoms with van der Waals surface area (Å²) in [7, 11) is 1.46. The minimum Gasteiger partial charge on any atom is -0.504 e. The molecule has 0 unspecified atom stereocenters. The lowest BCUT2D eigenvalue weighted by molar-refractivity contribution is -0.169. The van der Waals surface area contributed by atoms with Gasteiger partial charge in [-0.25, -0.2) is 0 Å². The minimum absolute atomic E-state index is 0.0637. The van der Waals surface area contributed by atoms with Crippen molar-refractivity contribution in [3.8, 4) is 17.6 Å². The molecule has 3 aromatic rings. The van der Waals surface area contributed by atoms with Crippen molar-refractivity contribution in [1.29, 1.82) is 5.26 Å². The SMILES string of the molecule is Cn1c(=NC(=O)C(F)(F)F)n(CC(=O)c2cc(OCCCC#N)c(O)c(C(C)(C)C)c2)c2ccccc21. The van der Waals surface area contributed by atoms with E-state index >= 15 is 0 Å². The zero-order valence-corrected chi connectivity index (χ0v) is 20.9. The maximum atomic E-state index is 13.5. The fourth-order valence-electron chi connectivity index (χ4n) is 3.84. The van der Waals surface area contributed by atoms with E-state index < -0.39 is 29.8 Å². The first-order chi connectivity index (χ1) is 17.3. The highest BCUT2D eigenvalue weighted by atomic mass is 19.4. The Balaban J connectivity index is 2.12. The number of halogens is 3. The molecule has 0 radical (unpaired) electrons.